The maximum atomic E-state index is 13.4. The van der Waals surface area contributed by atoms with Crippen LogP contribution in [0, 0.1) is 5.82 Å². The summed E-state index contributed by atoms with van der Waals surface area (Å²) in [6.07, 6.45) is 2.75. The van der Waals surface area contributed by atoms with Gasteiger partial charge < -0.3 is 5.32 Å². The first kappa shape index (κ1) is 13.5. The Morgan fingerprint density at radius 2 is 2.12 bits per heavy atom. The molecule has 0 spiro atoms. The van der Waals surface area contributed by atoms with Crippen molar-refractivity contribution in [2.75, 3.05) is 6.54 Å². The van der Waals surface area contributed by atoms with Crippen molar-refractivity contribution < 1.29 is 4.39 Å². The highest BCUT2D eigenvalue weighted by Gasteiger charge is 2.08. The highest BCUT2D eigenvalue weighted by atomic mass is 35.5. The summed E-state index contributed by atoms with van der Waals surface area (Å²) in [6, 6.07) is 5.20. The van der Waals surface area contributed by atoms with E-state index in [0.29, 0.717) is 16.6 Å². The van der Waals surface area contributed by atoms with Crippen LogP contribution >= 0.6 is 11.6 Å². The van der Waals surface area contributed by atoms with Crippen molar-refractivity contribution in [3.05, 3.63) is 34.6 Å². The molecule has 0 aliphatic carbocycles. The zero-order chi connectivity index (χ0) is 12.0. The molecule has 1 rings (SSSR count). The fourth-order valence-electron chi connectivity index (χ4n) is 1.80. The molecule has 3 heteroatoms. The van der Waals surface area contributed by atoms with Gasteiger partial charge in [0.2, 0.25) is 0 Å². The van der Waals surface area contributed by atoms with E-state index in [9.17, 15) is 4.39 Å². The topological polar surface area (TPSA) is 12.0 Å². The van der Waals surface area contributed by atoms with E-state index in [1.165, 1.54) is 6.07 Å². The van der Waals surface area contributed by atoms with E-state index < -0.39 is 0 Å². The quantitative estimate of drug-likeness (QED) is 0.802. The maximum Gasteiger partial charge on any atom is 0.126 e. The summed E-state index contributed by atoms with van der Waals surface area (Å²) in [5.41, 5.74) is 0.712. The van der Waals surface area contributed by atoms with Crippen molar-refractivity contribution in [1.29, 1.82) is 0 Å². The molecule has 1 N–H and O–H groups in total. The summed E-state index contributed by atoms with van der Waals surface area (Å²) in [5.74, 6) is -0.157. The van der Waals surface area contributed by atoms with E-state index in [2.05, 4.69) is 19.2 Å². The van der Waals surface area contributed by atoms with E-state index >= 15 is 0 Å². The monoisotopic (exact) mass is 243 g/mol. The van der Waals surface area contributed by atoms with Gasteiger partial charge in [0, 0.05) is 11.1 Å². The molecular weight excluding hydrogens is 225 g/mol. The number of hydrogen-bond donors (Lipinski definition) is 1. The van der Waals surface area contributed by atoms with Gasteiger partial charge in [0.1, 0.15) is 5.82 Å². The van der Waals surface area contributed by atoms with Crippen molar-refractivity contribution in [3.8, 4) is 0 Å². The molecule has 0 aliphatic heterocycles. The maximum absolute atomic E-state index is 13.4. The third-order valence-corrected chi connectivity index (χ3v) is 2.99. The van der Waals surface area contributed by atoms with E-state index in [0.717, 1.165) is 25.8 Å². The van der Waals surface area contributed by atoms with Crippen LogP contribution in [0.3, 0.4) is 0 Å². The normalized spacial score (nSPS) is 12.8. The SMILES string of the molecule is CCNC(CC)CCc1cc(Cl)ccc1F. The minimum absolute atomic E-state index is 0.157. The summed E-state index contributed by atoms with van der Waals surface area (Å²) < 4.78 is 13.4. The van der Waals surface area contributed by atoms with Crippen molar-refractivity contribution in [2.45, 2.75) is 39.2 Å². The summed E-state index contributed by atoms with van der Waals surface area (Å²) >= 11 is 5.84. The molecule has 0 saturated heterocycles. The second-order valence-electron chi connectivity index (χ2n) is 3.94. The van der Waals surface area contributed by atoms with Gasteiger partial charge in [-0.2, -0.15) is 0 Å². The number of benzene rings is 1. The fourth-order valence-corrected chi connectivity index (χ4v) is 2.00. The smallest absolute Gasteiger partial charge is 0.126 e. The number of halogens is 2. The van der Waals surface area contributed by atoms with Crippen LogP contribution in [-0.2, 0) is 6.42 Å². The van der Waals surface area contributed by atoms with E-state index in [1.807, 2.05) is 0 Å². The molecule has 1 nitrogen and oxygen atoms in total. The Balaban J connectivity index is 2.55. The number of nitrogens with one attached hydrogen (secondary N) is 1. The van der Waals surface area contributed by atoms with Crippen molar-refractivity contribution in [3.63, 3.8) is 0 Å². The van der Waals surface area contributed by atoms with Crippen LogP contribution in [0.5, 0.6) is 0 Å². The van der Waals surface area contributed by atoms with Crippen molar-refractivity contribution >= 4 is 11.6 Å². The molecule has 0 heterocycles. The molecule has 0 saturated carbocycles. The molecule has 90 valence electrons. The average Bonchev–Trinajstić information content (AvgIpc) is 2.28. The number of rotatable bonds is 6. The third kappa shape index (κ3) is 4.11. The molecule has 0 bridgehead atoms. The first-order valence-corrected chi connectivity index (χ1v) is 6.22. The molecule has 1 atom stereocenters. The molecule has 16 heavy (non-hydrogen) atoms. The second-order valence-corrected chi connectivity index (χ2v) is 4.37. The Morgan fingerprint density at radius 3 is 2.75 bits per heavy atom. The molecule has 0 aliphatic rings. The summed E-state index contributed by atoms with van der Waals surface area (Å²) in [4.78, 5) is 0. The van der Waals surface area contributed by atoms with Gasteiger partial charge in [0.15, 0.2) is 0 Å². The van der Waals surface area contributed by atoms with Gasteiger partial charge in [0.25, 0.3) is 0 Å². The molecule has 0 fully saturated rings. The lowest BCUT2D eigenvalue weighted by Gasteiger charge is -2.15. The zero-order valence-electron chi connectivity index (χ0n) is 9.89. The molecule has 0 aromatic heterocycles. The lowest BCUT2D eigenvalue weighted by atomic mass is 10.0. The highest BCUT2D eigenvalue weighted by molar-refractivity contribution is 6.30. The minimum Gasteiger partial charge on any atom is -0.314 e. The number of aryl methyl sites for hydroxylation is 1. The van der Waals surface area contributed by atoms with Crippen LogP contribution in [0.4, 0.5) is 4.39 Å². The van der Waals surface area contributed by atoms with Crippen molar-refractivity contribution in [2.24, 2.45) is 0 Å². The van der Waals surface area contributed by atoms with Crippen LogP contribution in [-0.4, -0.2) is 12.6 Å². The van der Waals surface area contributed by atoms with E-state index in [4.69, 9.17) is 11.6 Å². The van der Waals surface area contributed by atoms with Gasteiger partial charge in [-0.25, -0.2) is 4.39 Å². The van der Waals surface area contributed by atoms with Gasteiger partial charge in [-0.15, -0.1) is 0 Å². The molecule has 0 radical (unpaired) electrons. The standard InChI is InChI=1S/C13H19ClFN/c1-3-12(16-4-2)7-5-10-9-11(14)6-8-13(10)15/h6,8-9,12,16H,3-5,7H2,1-2H3. The highest BCUT2D eigenvalue weighted by Crippen LogP contribution is 2.17. The molecule has 1 unspecified atom stereocenters. The largest absolute Gasteiger partial charge is 0.314 e. The summed E-state index contributed by atoms with van der Waals surface area (Å²) in [6.45, 7) is 5.18. The molecule has 0 amide bonds. The van der Waals surface area contributed by atoms with E-state index in [1.54, 1.807) is 12.1 Å². The number of hydrogen-bond acceptors (Lipinski definition) is 1. The predicted molar refractivity (Wildman–Crippen MR) is 67.5 cm³/mol. The first-order valence-electron chi connectivity index (χ1n) is 5.84. The van der Waals surface area contributed by atoms with E-state index in [-0.39, 0.29) is 5.82 Å². The lowest BCUT2D eigenvalue weighted by molar-refractivity contribution is 0.475. The van der Waals surface area contributed by atoms with Crippen LogP contribution in [0.15, 0.2) is 18.2 Å². The Labute approximate surface area is 102 Å². The van der Waals surface area contributed by atoms with Crippen LogP contribution < -0.4 is 5.32 Å². The third-order valence-electron chi connectivity index (χ3n) is 2.76. The van der Waals surface area contributed by atoms with Crippen molar-refractivity contribution in [1.82, 2.24) is 5.32 Å². The average molecular weight is 244 g/mol. The summed E-state index contributed by atoms with van der Waals surface area (Å²) in [5, 5.41) is 3.99. The molecule has 1 aromatic rings. The fraction of sp³-hybridized carbons (Fsp3) is 0.538. The Morgan fingerprint density at radius 1 is 1.38 bits per heavy atom. The van der Waals surface area contributed by atoms with Crippen LogP contribution in [0.2, 0.25) is 5.02 Å². The van der Waals surface area contributed by atoms with Crippen LogP contribution in [0.1, 0.15) is 32.3 Å². The van der Waals surface area contributed by atoms with Gasteiger partial charge >= 0.3 is 0 Å². The summed E-state index contributed by atoms with van der Waals surface area (Å²) in [7, 11) is 0. The Kier molecular flexibility index (Phi) is 5.78. The van der Waals surface area contributed by atoms with Crippen LogP contribution in [0.25, 0.3) is 0 Å². The Bertz CT molecular complexity index is 328. The van der Waals surface area contributed by atoms with Gasteiger partial charge in [-0.3, -0.25) is 0 Å². The Hall–Kier alpha value is -0.600. The second kappa shape index (κ2) is 6.87. The van der Waals surface area contributed by atoms with Gasteiger partial charge in [-0.05, 0) is 49.6 Å². The first-order chi connectivity index (χ1) is 7.67. The van der Waals surface area contributed by atoms with Gasteiger partial charge in [-0.1, -0.05) is 25.4 Å². The predicted octanol–water partition coefficient (Wildman–Crippen LogP) is 3.80. The molecular formula is C13H19ClFN. The van der Waals surface area contributed by atoms with Gasteiger partial charge in [0.05, 0.1) is 0 Å². The minimum atomic E-state index is -0.157. The lowest BCUT2D eigenvalue weighted by Crippen LogP contribution is -2.28. The zero-order valence-corrected chi connectivity index (χ0v) is 10.6. The molecule has 1 aromatic carbocycles.